The number of aromatic nitrogens is 1. The highest BCUT2D eigenvalue weighted by molar-refractivity contribution is 7.13. The number of amides is 1. The Bertz CT molecular complexity index is 493. The Kier molecular flexibility index (Phi) is 5.94. The van der Waals surface area contributed by atoms with Crippen LogP contribution in [0, 0.1) is 5.92 Å². The van der Waals surface area contributed by atoms with Crippen molar-refractivity contribution in [1.29, 1.82) is 0 Å². The third-order valence-electron chi connectivity index (χ3n) is 3.84. The second-order valence-electron chi connectivity index (χ2n) is 6.68. The second-order valence-corrected chi connectivity index (χ2v) is 7.74. The Morgan fingerprint density at radius 2 is 2.41 bits per heavy atom. The Morgan fingerprint density at radius 3 is 3.05 bits per heavy atom. The predicted molar refractivity (Wildman–Crippen MR) is 87.1 cm³/mol. The molecule has 5 nitrogen and oxygen atoms in total. The summed E-state index contributed by atoms with van der Waals surface area (Å²) < 4.78 is 5.58. The quantitative estimate of drug-likeness (QED) is 0.808. The number of nitrogens with zero attached hydrogens (tertiary/aromatic N) is 1. The Labute approximate surface area is 136 Å². The summed E-state index contributed by atoms with van der Waals surface area (Å²) in [7, 11) is 0. The number of aliphatic hydroxyl groups is 1. The number of carbonyl (C=O) groups is 1. The molecular weight excluding hydrogens is 300 g/mol. The normalized spacial score (nSPS) is 21.0. The van der Waals surface area contributed by atoms with E-state index in [2.05, 4.69) is 24.1 Å². The highest BCUT2D eigenvalue weighted by Gasteiger charge is 2.24. The van der Waals surface area contributed by atoms with E-state index >= 15 is 0 Å². The third-order valence-corrected chi connectivity index (χ3v) is 4.93. The van der Waals surface area contributed by atoms with Crippen LogP contribution in [-0.4, -0.2) is 34.8 Å². The lowest BCUT2D eigenvalue weighted by atomic mass is 9.95. The summed E-state index contributed by atoms with van der Waals surface area (Å²) in [4.78, 5) is 17.0. The summed E-state index contributed by atoms with van der Waals surface area (Å²) in [6.07, 6.45) is 5.27. The molecule has 1 fully saturated rings. The summed E-state index contributed by atoms with van der Waals surface area (Å²) in [6, 6.07) is 0. The van der Waals surface area contributed by atoms with Crippen molar-refractivity contribution in [3.05, 3.63) is 16.1 Å². The van der Waals surface area contributed by atoms with Gasteiger partial charge in [0.25, 0.3) is 5.91 Å². The lowest BCUT2D eigenvalue weighted by molar-refractivity contribution is 0.0430. The number of hydrogen-bond donors (Lipinski definition) is 2. The molecule has 6 heteroatoms. The zero-order valence-corrected chi connectivity index (χ0v) is 14.4. The molecule has 1 aromatic heterocycles. The lowest BCUT2D eigenvalue weighted by Gasteiger charge is -2.24. The van der Waals surface area contributed by atoms with Crippen molar-refractivity contribution in [2.75, 3.05) is 13.2 Å². The molecule has 1 aliphatic rings. The first-order valence-corrected chi connectivity index (χ1v) is 8.77. The number of carbonyl (C=O) groups excluding carboxylic acids is 1. The van der Waals surface area contributed by atoms with Crippen molar-refractivity contribution < 1.29 is 14.6 Å². The van der Waals surface area contributed by atoms with E-state index in [0.717, 1.165) is 30.9 Å². The van der Waals surface area contributed by atoms with Gasteiger partial charge in [-0.15, -0.1) is 11.3 Å². The number of ether oxygens (including phenoxy) is 1. The van der Waals surface area contributed by atoms with Crippen LogP contribution in [0.15, 0.2) is 6.20 Å². The standard InChI is InChI=1S/C16H26N2O3S/c1-11(2)6-7-16(3,20)10-18-14(19)13-9-17-15(22-13)12-5-4-8-21-12/h9,11-12,20H,4-8,10H2,1-3H3,(H,18,19). The summed E-state index contributed by atoms with van der Waals surface area (Å²) in [6.45, 7) is 7.04. The zero-order chi connectivity index (χ0) is 16.2. The maximum atomic E-state index is 12.2. The molecule has 1 aromatic rings. The first kappa shape index (κ1) is 17.4. The van der Waals surface area contributed by atoms with Crippen molar-refractivity contribution in [3.8, 4) is 0 Å². The number of thiazole rings is 1. The fourth-order valence-electron chi connectivity index (χ4n) is 2.36. The van der Waals surface area contributed by atoms with E-state index in [1.165, 1.54) is 11.3 Å². The Hall–Kier alpha value is -0.980. The molecule has 0 saturated carbocycles. The van der Waals surface area contributed by atoms with Gasteiger partial charge in [-0.2, -0.15) is 0 Å². The Balaban J connectivity index is 1.84. The molecule has 1 saturated heterocycles. The van der Waals surface area contributed by atoms with Crippen molar-refractivity contribution in [2.45, 2.75) is 58.2 Å². The number of nitrogens with one attached hydrogen (secondary N) is 1. The van der Waals surface area contributed by atoms with Crippen molar-refractivity contribution in [2.24, 2.45) is 5.92 Å². The molecule has 2 N–H and O–H groups in total. The second kappa shape index (κ2) is 7.53. The van der Waals surface area contributed by atoms with Crippen molar-refractivity contribution >= 4 is 17.2 Å². The molecule has 22 heavy (non-hydrogen) atoms. The van der Waals surface area contributed by atoms with Gasteiger partial charge in [0.15, 0.2) is 0 Å². The average Bonchev–Trinajstić information content (AvgIpc) is 3.12. The van der Waals surface area contributed by atoms with Gasteiger partial charge in [0.2, 0.25) is 0 Å². The maximum absolute atomic E-state index is 12.2. The van der Waals surface area contributed by atoms with Gasteiger partial charge < -0.3 is 15.2 Å². The van der Waals surface area contributed by atoms with Gasteiger partial charge in [-0.05, 0) is 38.5 Å². The third kappa shape index (κ3) is 5.04. The monoisotopic (exact) mass is 326 g/mol. The smallest absolute Gasteiger partial charge is 0.263 e. The van der Waals surface area contributed by atoms with Crippen LogP contribution in [0.25, 0.3) is 0 Å². The van der Waals surface area contributed by atoms with Crippen LogP contribution in [0.5, 0.6) is 0 Å². The zero-order valence-electron chi connectivity index (χ0n) is 13.6. The minimum absolute atomic E-state index is 0.0423. The van der Waals surface area contributed by atoms with Gasteiger partial charge >= 0.3 is 0 Å². The first-order chi connectivity index (χ1) is 10.4. The van der Waals surface area contributed by atoms with E-state index in [0.29, 0.717) is 17.2 Å². The molecule has 2 unspecified atom stereocenters. The molecule has 1 amide bonds. The van der Waals surface area contributed by atoms with Crippen molar-refractivity contribution in [1.82, 2.24) is 10.3 Å². The van der Waals surface area contributed by atoms with Gasteiger partial charge in [-0.25, -0.2) is 4.98 Å². The van der Waals surface area contributed by atoms with Crippen LogP contribution >= 0.6 is 11.3 Å². The lowest BCUT2D eigenvalue weighted by Crippen LogP contribution is -2.40. The number of hydrogen-bond acceptors (Lipinski definition) is 5. The molecule has 2 atom stereocenters. The van der Waals surface area contributed by atoms with E-state index < -0.39 is 5.60 Å². The molecular formula is C16H26N2O3S. The van der Waals surface area contributed by atoms with Gasteiger partial charge in [0, 0.05) is 13.2 Å². The van der Waals surface area contributed by atoms with E-state index in [-0.39, 0.29) is 18.6 Å². The van der Waals surface area contributed by atoms with Crippen molar-refractivity contribution in [3.63, 3.8) is 0 Å². The minimum atomic E-state index is -0.873. The average molecular weight is 326 g/mol. The summed E-state index contributed by atoms with van der Waals surface area (Å²) >= 11 is 1.38. The summed E-state index contributed by atoms with van der Waals surface area (Å²) in [5.74, 6) is 0.365. The van der Waals surface area contributed by atoms with Crippen LogP contribution in [-0.2, 0) is 4.74 Å². The molecule has 0 aromatic carbocycles. The van der Waals surface area contributed by atoms with Gasteiger partial charge in [0.05, 0.1) is 11.8 Å². The highest BCUT2D eigenvalue weighted by atomic mass is 32.1. The maximum Gasteiger partial charge on any atom is 0.263 e. The largest absolute Gasteiger partial charge is 0.388 e. The molecule has 0 aliphatic carbocycles. The fourth-order valence-corrected chi connectivity index (χ4v) is 3.28. The number of rotatable bonds is 7. The van der Waals surface area contributed by atoms with E-state index in [1.54, 1.807) is 13.1 Å². The van der Waals surface area contributed by atoms with Crippen LogP contribution in [0.4, 0.5) is 0 Å². The van der Waals surface area contributed by atoms with Crippen LogP contribution in [0.3, 0.4) is 0 Å². The highest BCUT2D eigenvalue weighted by Crippen LogP contribution is 2.31. The van der Waals surface area contributed by atoms with Crippen LogP contribution < -0.4 is 5.32 Å². The SMILES string of the molecule is CC(C)CCC(C)(O)CNC(=O)c1cnc(C2CCCO2)s1. The molecule has 0 spiro atoms. The molecule has 124 valence electrons. The van der Waals surface area contributed by atoms with Gasteiger partial charge in [-0.3, -0.25) is 4.79 Å². The topological polar surface area (TPSA) is 71.5 Å². The van der Waals surface area contributed by atoms with E-state index in [1.807, 2.05) is 0 Å². The summed E-state index contributed by atoms with van der Waals surface area (Å²) in [5.41, 5.74) is -0.873. The van der Waals surface area contributed by atoms with Crippen LogP contribution in [0.2, 0.25) is 0 Å². The molecule has 0 radical (unpaired) electrons. The summed E-state index contributed by atoms with van der Waals surface area (Å²) in [5, 5.41) is 14.0. The van der Waals surface area contributed by atoms with Gasteiger partial charge in [-0.1, -0.05) is 13.8 Å². The van der Waals surface area contributed by atoms with E-state index in [9.17, 15) is 9.90 Å². The molecule has 2 heterocycles. The predicted octanol–water partition coefficient (Wildman–Crippen LogP) is 2.91. The van der Waals surface area contributed by atoms with E-state index in [4.69, 9.17) is 4.74 Å². The molecule has 2 rings (SSSR count). The molecule has 0 bridgehead atoms. The fraction of sp³-hybridized carbons (Fsp3) is 0.750. The van der Waals surface area contributed by atoms with Crippen LogP contribution in [0.1, 0.15) is 67.2 Å². The molecule has 1 aliphatic heterocycles. The minimum Gasteiger partial charge on any atom is -0.388 e. The first-order valence-electron chi connectivity index (χ1n) is 7.95. The Morgan fingerprint density at radius 1 is 1.64 bits per heavy atom. The van der Waals surface area contributed by atoms with Gasteiger partial charge in [0.1, 0.15) is 16.0 Å².